The summed E-state index contributed by atoms with van der Waals surface area (Å²) in [5.74, 6) is 0.600. The quantitative estimate of drug-likeness (QED) is 0.323. The van der Waals surface area contributed by atoms with Gasteiger partial charge in [0.05, 0.1) is 13.2 Å². The molecule has 0 atom stereocenters. The Labute approximate surface area is 149 Å². The lowest BCUT2D eigenvalue weighted by Gasteiger charge is -2.26. The van der Waals surface area contributed by atoms with Gasteiger partial charge in [0, 0.05) is 48.8 Å². The van der Waals surface area contributed by atoms with Crippen LogP contribution in [0.1, 0.15) is 0 Å². The van der Waals surface area contributed by atoms with Gasteiger partial charge in [-0.05, 0) is 11.6 Å². The minimum atomic E-state index is -1.53. The molecule has 2 aromatic heterocycles. The Kier molecular flexibility index (Phi) is 7.50. The zero-order valence-corrected chi connectivity index (χ0v) is 13.9. The summed E-state index contributed by atoms with van der Waals surface area (Å²) < 4.78 is 5.21. The third-order valence-corrected chi connectivity index (χ3v) is 3.38. The van der Waals surface area contributed by atoms with Crippen LogP contribution in [0.4, 0.5) is 5.95 Å². The van der Waals surface area contributed by atoms with Crippen molar-refractivity contribution in [3.8, 4) is 0 Å². The number of hydrogen-bond acceptors (Lipinski definition) is 10. The van der Waals surface area contributed by atoms with Crippen LogP contribution in [0.3, 0.4) is 0 Å². The van der Waals surface area contributed by atoms with Crippen LogP contribution >= 0.6 is 11.6 Å². The van der Waals surface area contributed by atoms with Crippen molar-refractivity contribution in [1.29, 1.82) is 0 Å². The molecular weight excluding hydrogens is 351 g/mol. The lowest BCUT2D eigenvalue weighted by molar-refractivity contribution is 0.122. The van der Waals surface area contributed by atoms with Gasteiger partial charge in [-0.25, -0.2) is 19.9 Å². The molecule has 1 aliphatic rings. The number of halogens is 1. The van der Waals surface area contributed by atoms with E-state index in [-0.39, 0.29) is 10.7 Å². The lowest BCUT2D eigenvalue weighted by Crippen LogP contribution is -2.38. The van der Waals surface area contributed by atoms with Crippen molar-refractivity contribution in [3.05, 3.63) is 30.1 Å². The Balaban J connectivity index is 0.000000196. The molecule has 0 spiro atoms. The second-order valence-corrected chi connectivity index (χ2v) is 5.29. The number of hydrogen-bond donors (Lipinski definition) is 4. The Morgan fingerprint density at radius 3 is 1.72 bits per heavy atom. The predicted octanol–water partition coefficient (Wildman–Crippen LogP) is -3.20. The van der Waals surface area contributed by atoms with Gasteiger partial charge >= 0.3 is 14.2 Å². The van der Waals surface area contributed by atoms with E-state index in [0.717, 1.165) is 13.1 Å². The van der Waals surface area contributed by atoms with Crippen LogP contribution in [-0.2, 0) is 4.74 Å². The number of anilines is 1. The van der Waals surface area contributed by atoms with Crippen molar-refractivity contribution < 1.29 is 24.8 Å². The summed E-state index contributed by atoms with van der Waals surface area (Å²) in [5.41, 5.74) is 0.524. The predicted molar refractivity (Wildman–Crippen MR) is 91.8 cm³/mol. The summed E-state index contributed by atoms with van der Waals surface area (Å²) >= 11 is 5.33. The average molecular weight is 367 g/mol. The third kappa shape index (κ3) is 6.20. The lowest BCUT2D eigenvalue weighted by atomic mass is 9.83. The first-order valence-corrected chi connectivity index (χ1v) is 7.69. The molecule has 0 aliphatic carbocycles. The highest BCUT2D eigenvalue weighted by Crippen LogP contribution is 2.06. The first-order chi connectivity index (χ1) is 12.0. The summed E-state index contributed by atoms with van der Waals surface area (Å²) in [7, 11) is -3.04. The molecule has 2 aromatic rings. The van der Waals surface area contributed by atoms with Crippen molar-refractivity contribution in [2.75, 3.05) is 31.2 Å². The first-order valence-electron chi connectivity index (χ1n) is 7.31. The summed E-state index contributed by atoms with van der Waals surface area (Å²) in [4.78, 5) is 17.2. The number of nitrogens with zero attached hydrogens (tertiary/aromatic N) is 5. The summed E-state index contributed by atoms with van der Waals surface area (Å²) in [6, 6.07) is 0. The largest absolute Gasteiger partial charge is 0.491 e. The molecule has 0 saturated carbocycles. The van der Waals surface area contributed by atoms with Crippen molar-refractivity contribution in [2.45, 2.75) is 0 Å². The molecule has 13 heteroatoms. The van der Waals surface area contributed by atoms with Crippen LogP contribution in [0, 0.1) is 0 Å². The maximum Gasteiger partial charge on any atom is 0.491 e. The molecule has 132 valence electrons. The number of aromatic nitrogens is 4. The van der Waals surface area contributed by atoms with Crippen LogP contribution in [0.5, 0.6) is 0 Å². The molecule has 4 N–H and O–H groups in total. The average Bonchev–Trinajstić information content (AvgIpc) is 2.63. The van der Waals surface area contributed by atoms with E-state index in [4.69, 9.17) is 36.4 Å². The van der Waals surface area contributed by atoms with E-state index >= 15 is 0 Å². The molecule has 0 aromatic carbocycles. The molecule has 1 aliphatic heterocycles. The molecule has 0 unspecified atom stereocenters. The second-order valence-electron chi connectivity index (χ2n) is 4.95. The van der Waals surface area contributed by atoms with Gasteiger partial charge in [0.25, 0.3) is 0 Å². The van der Waals surface area contributed by atoms with Gasteiger partial charge in [0.1, 0.15) is 0 Å². The van der Waals surface area contributed by atoms with Gasteiger partial charge in [-0.1, -0.05) is 0 Å². The van der Waals surface area contributed by atoms with E-state index in [2.05, 4.69) is 19.9 Å². The zero-order chi connectivity index (χ0) is 18.2. The topological polar surface area (TPSA) is 145 Å². The fourth-order valence-corrected chi connectivity index (χ4v) is 1.94. The van der Waals surface area contributed by atoms with Crippen LogP contribution in [0.15, 0.2) is 24.8 Å². The molecule has 3 heterocycles. The molecule has 0 amide bonds. The van der Waals surface area contributed by atoms with E-state index in [1.807, 2.05) is 4.90 Å². The Bertz CT molecular complexity index is 643. The van der Waals surface area contributed by atoms with Crippen LogP contribution in [-0.4, -0.2) is 80.6 Å². The molecule has 10 nitrogen and oxygen atoms in total. The van der Waals surface area contributed by atoms with E-state index < -0.39 is 14.2 Å². The molecule has 0 radical (unpaired) electrons. The normalized spacial score (nSPS) is 13.7. The number of morpholine rings is 1. The Hall–Kier alpha value is -1.82. The van der Waals surface area contributed by atoms with E-state index in [9.17, 15) is 0 Å². The Morgan fingerprint density at radius 2 is 1.28 bits per heavy atom. The van der Waals surface area contributed by atoms with Crippen molar-refractivity contribution in [2.24, 2.45) is 0 Å². The number of ether oxygens (including phenoxy) is 1. The van der Waals surface area contributed by atoms with Crippen LogP contribution in [0.25, 0.3) is 0 Å². The maximum absolute atomic E-state index is 8.87. The van der Waals surface area contributed by atoms with Crippen molar-refractivity contribution >= 4 is 42.7 Å². The van der Waals surface area contributed by atoms with E-state index in [1.165, 1.54) is 24.8 Å². The first kappa shape index (κ1) is 19.5. The highest BCUT2D eigenvalue weighted by atomic mass is 35.5. The highest BCUT2D eigenvalue weighted by Gasteiger charge is 2.16. The van der Waals surface area contributed by atoms with Crippen molar-refractivity contribution in [3.63, 3.8) is 0 Å². The van der Waals surface area contributed by atoms with Crippen LogP contribution in [0.2, 0.25) is 5.28 Å². The molecule has 3 rings (SSSR count). The van der Waals surface area contributed by atoms with Gasteiger partial charge in [-0.2, -0.15) is 0 Å². The standard InChI is InChI=1S/C8H12BN3O3.C4H4BClN2O2/c13-9(14)7-5-10-8(11-6-7)12-1-3-15-4-2-12;6-4-7-1-3(2-8-4)5(9)10/h5-6,13-14H,1-4H2;1-2,9-10H. The fraction of sp³-hybridized carbons (Fsp3) is 0.333. The SMILES string of the molecule is OB(O)c1cnc(Cl)nc1.OB(O)c1cnc(N2CCOCC2)nc1. The smallest absolute Gasteiger partial charge is 0.423 e. The van der Waals surface area contributed by atoms with Gasteiger partial charge in [0.15, 0.2) is 0 Å². The molecule has 1 saturated heterocycles. The van der Waals surface area contributed by atoms with Crippen molar-refractivity contribution in [1.82, 2.24) is 19.9 Å². The second kappa shape index (κ2) is 9.61. The Morgan fingerprint density at radius 1 is 0.840 bits per heavy atom. The van der Waals surface area contributed by atoms with Gasteiger partial charge in [0.2, 0.25) is 11.2 Å². The molecule has 1 fully saturated rings. The fourth-order valence-electron chi connectivity index (χ4n) is 1.85. The summed E-state index contributed by atoms with van der Waals surface area (Å²) in [6.45, 7) is 2.88. The van der Waals surface area contributed by atoms with E-state index in [1.54, 1.807) is 0 Å². The summed E-state index contributed by atoms with van der Waals surface area (Å²) in [6.07, 6.45) is 5.34. The van der Waals surface area contributed by atoms with E-state index in [0.29, 0.717) is 24.6 Å². The van der Waals surface area contributed by atoms with Gasteiger partial charge in [-0.15, -0.1) is 0 Å². The van der Waals surface area contributed by atoms with Gasteiger partial charge in [-0.3, -0.25) is 0 Å². The summed E-state index contributed by atoms with van der Waals surface area (Å²) in [5, 5.41) is 34.9. The monoisotopic (exact) mass is 367 g/mol. The third-order valence-electron chi connectivity index (χ3n) is 3.19. The molecule has 0 bridgehead atoms. The van der Waals surface area contributed by atoms with Crippen LogP contribution < -0.4 is 15.8 Å². The minimum Gasteiger partial charge on any atom is -0.423 e. The van der Waals surface area contributed by atoms with Gasteiger partial charge < -0.3 is 29.7 Å². The zero-order valence-electron chi connectivity index (χ0n) is 13.1. The molecular formula is C12H16B2ClN5O5. The molecule has 25 heavy (non-hydrogen) atoms. The highest BCUT2D eigenvalue weighted by molar-refractivity contribution is 6.58. The number of rotatable bonds is 3. The minimum absolute atomic E-state index is 0.0874. The maximum atomic E-state index is 8.87.